The average Bonchev–Trinajstić information content (AvgIpc) is 3.33. The number of nitrogens with zero attached hydrogens (tertiary/aromatic N) is 2. The first-order valence-electron chi connectivity index (χ1n) is 8.88. The van der Waals surface area contributed by atoms with Gasteiger partial charge in [0.05, 0.1) is 12.8 Å². The van der Waals surface area contributed by atoms with Crippen LogP contribution in [0.4, 0.5) is 5.69 Å². The van der Waals surface area contributed by atoms with Crippen LogP contribution in [0.1, 0.15) is 47.3 Å². The van der Waals surface area contributed by atoms with Crippen LogP contribution in [0.2, 0.25) is 0 Å². The maximum absolute atomic E-state index is 13.0. The van der Waals surface area contributed by atoms with Crippen molar-refractivity contribution < 1.29 is 19.1 Å². The first-order valence-corrected chi connectivity index (χ1v) is 10.8. The summed E-state index contributed by atoms with van der Waals surface area (Å²) in [4.78, 5) is 43.8. The number of anilines is 1. The van der Waals surface area contributed by atoms with E-state index in [0.29, 0.717) is 36.2 Å². The number of hydrogen-bond donors (Lipinski definition) is 0. The lowest BCUT2D eigenvalue weighted by atomic mass is 9.92. The van der Waals surface area contributed by atoms with Crippen molar-refractivity contribution in [2.24, 2.45) is 4.99 Å². The number of amides is 1. The van der Waals surface area contributed by atoms with Gasteiger partial charge in [-0.2, -0.15) is 0 Å². The Morgan fingerprint density at radius 2 is 2.15 bits per heavy atom. The van der Waals surface area contributed by atoms with E-state index in [1.807, 2.05) is 5.38 Å². The Morgan fingerprint density at radius 1 is 1.41 bits per heavy atom. The van der Waals surface area contributed by atoms with Gasteiger partial charge in [-0.1, -0.05) is 6.08 Å². The van der Waals surface area contributed by atoms with Crippen LogP contribution in [0.25, 0.3) is 0 Å². The summed E-state index contributed by atoms with van der Waals surface area (Å²) in [7, 11) is 1.34. The molecular weight excluding hydrogens is 384 g/mol. The lowest BCUT2D eigenvalue weighted by molar-refractivity contribution is -0.122. The van der Waals surface area contributed by atoms with E-state index in [2.05, 4.69) is 11.6 Å². The number of methoxy groups -OCH3 is 1. The molecule has 3 rings (SSSR count). The lowest BCUT2D eigenvalue weighted by Crippen LogP contribution is -2.43. The SMILES string of the molecule is C=CCC(=O)N(c1c(C2=NCCS2)csc1C(=O)OC)C1CCC(=O)CC1. The third-order valence-corrected chi connectivity index (χ3v) is 6.62. The van der Waals surface area contributed by atoms with E-state index in [1.54, 1.807) is 22.7 Å². The summed E-state index contributed by atoms with van der Waals surface area (Å²) in [6.45, 7) is 4.40. The van der Waals surface area contributed by atoms with E-state index in [-0.39, 0.29) is 24.2 Å². The molecule has 0 saturated heterocycles. The molecule has 0 radical (unpaired) electrons. The van der Waals surface area contributed by atoms with Gasteiger partial charge < -0.3 is 9.64 Å². The van der Waals surface area contributed by atoms with Gasteiger partial charge in [0.15, 0.2) is 0 Å². The molecule has 1 aliphatic heterocycles. The van der Waals surface area contributed by atoms with E-state index < -0.39 is 5.97 Å². The second-order valence-electron chi connectivity index (χ2n) is 6.38. The zero-order valence-electron chi connectivity index (χ0n) is 15.2. The number of carbonyl (C=O) groups is 3. The third-order valence-electron chi connectivity index (χ3n) is 4.66. The van der Waals surface area contributed by atoms with Gasteiger partial charge in [-0.3, -0.25) is 14.6 Å². The average molecular weight is 407 g/mol. The molecule has 1 amide bonds. The highest BCUT2D eigenvalue weighted by atomic mass is 32.2. The zero-order chi connectivity index (χ0) is 19.4. The van der Waals surface area contributed by atoms with E-state index >= 15 is 0 Å². The molecule has 2 aliphatic rings. The van der Waals surface area contributed by atoms with Crippen LogP contribution in [0.5, 0.6) is 0 Å². The second kappa shape index (κ2) is 8.84. The number of hydrogen-bond acceptors (Lipinski definition) is 7. The summed E-state index contributed by atoms with van der Waals surface area (Å²) in [6.07, 6.45) is 3.82. The molecule has 0 atom stereocenters. The van der Waals surface area contributed by atoms with Crippen LogP contribution in [0.3, 0.4) is 0 Å². The van der Waals surface area contributed by atoms with Crippen molar-refractivity contribution in [2.45, 2.75) is 38.1 Å². The predicted molar refractivity (Wildman–Crippen MR) is 109 cm³/mol. The summed E-state index contributed by atoms with van der Waals surface area (Å²) in [5, 5.41) is 2.72. The highest BCUT2D eigenvalue weighted by Crippen LogP contribution is 2.39. The Labute approximate surface area is 166 Å². The molecule has 0 aromatic carbocycles. The molecule has 0 unspecified atom stereocenters. The minimum Gasteiger partial charge on any atom is -0.465 e. The van der Waals surface area contributed by atoms with Crippen molar-refractivity contribution in [2.75, 3.05) is 24.3 Å². The van der Waals surface area contributed by atoms with Crippen molar-refractivity contribution in [3.8, 4) is 0 Å². The van der Waals surface area contributed by atoms with Gasteiger partial charge in [0.1, 0.15) is 15.7 Å². The van der Waals surface area contributed by atoms with E-state index in [9.17, 15) is 14.4 Å². The minimum absolute atomic E-state index is 0.126. The molecule has 6 nitrogen and oxygen atoms in total. The van der Waals surface area contributed by atoms with Gasteiger partial charge in [0, 0.05) is 48.5 Å². The highest BCUT2D eigenvalue weighted by Gasteiger charge is 2.35. The lowest BCUT2D eigenvalue weighted by Gasteiger charge is -2.34. The zero-order valence-corrected chi connectivity index (χ0v) is 16.9. The first-order chi connectivity index (χ1) is 13.1. The molecular formula is C19H22N2O4S2. The number of Topliss-reactive ketones (excluding diaryl/α,β-unsaturated/α-hetero) is 1. The number of esters is 1. The fraction of sp³-hybridized carbons (Fsp3) is 0.474. The van der Waals surface area contributed by atoms with Crippen LogP contribution in [-0.2, 0) is 14.3 Å². The largest absolute Gasteiger partial charge is 0.465 e. The molecule has 1 fully saturated rings. The molecule has 144 valence electrons. The van der Waals surface area contributed by atoms with Gasteiger partial charge in [0.2, 0.25) is 5.91 Å². The fourth-order valence-corrected chi connectivity index (χ4v) is 5.30. The summed E-state index contributed by atoms with van der Waals surface area (Å²) in [5.74, 6) is 0.513. The summed E-state index contributed by atoms with van der Waals surface area (Å²) in [6, 6.07) is -0.126. The van der Waals surface area contributed by atoms with Crippen LogP contribution < -0.4 is 4.90 Å². The van der Waals surface area contributed by atoms with Crippen LogP contribution in [0, 0.1) is 0 Å². The summed E-state index contributed by atoms with van der Waals surface area (Å²) < 4.78 is 4.96. The van der Waals surface area contributed by atoms with Gasteiger partial charge in [-0.05, 0) is 12.8 Å². The van der Waals surface area contributed by atoms with E-state index in [4.69, 9.17) is 4.74 Å². The summed E-state index contributed by atoms with van der Waals surface area (Å²) in [5.41, 5.74) is 1.38. The number of carbonyl (C=O) groups excluding carboxylic acids is 3. The molecule has 27 heavy (non-hydrogen) atoms. The van der Waals surface area contributed by atoms with Crippen LogP contribution in [-0.4, -0.2) is 48.2 Å². The first kappa shape index (κ1) is 19.8. The smallest absolute Gasteiger partial charge is 0.350 e. The molecule has 1 aromatic heterocycles. The van der Waals surface area contributed by atoms with Gasteiger partial charge in [-0.15, -0.1) is 29.7 Å². The topological polar surface area (TPSA) is 76.0 Å². The van der Waals surface area contributed by atoms with E-state index in [1.165, 1.54) is 18.4 Å². The third kappa shape index (κ3) is 4.16. The van der Waals surface area contributed by atoms with Crippen molar-refractivity contribution in [3.63, 3.8) is 0 Å². The Morgan fingerprint density at radius 3 is 2.74 bits per heavy atom. The number of rotatable bonds is 6. The number of thiophene rings is 1. The van der Waals surface area contributed by atoms with Crippen molar-refractivity contribution in [1.82, 2.24) is 0 Å². The molecule has 0 N–H and O–H groups in total. The number of thioether (sulfide) groups is 1. The molecule has 2 heterocycles. The van der Waals surface area contributed by atoms with Crippen molar-refractivity contribution in [1.29, 1.82) is 0 Å². The number of ether oxygens (including phenoxy) is 1. The molecule has 8 heteroatoms. The normalized spacial score (nSPS) is 17.5. The van der Waals surface area contributed by atoms with Crippen molar-refractivity contribution >= 4 is 51.5 Å². The fourth-order valence-electron chi connectivity index (χ4n) is 3.39. The van der Waals surface area contributed by atoms with Gasteiger partial charge >= 0.3 is 5.97 Å². The number of aliphatic imine (C=N–C) groups is 1. The Hall–Kier alpha value is -1.93. The molecule has 1 aliphatic carbocycles. The van der Waals surface area contributed by atoms with Crippen LogP contribution in [0.15, 0.2) is 23.0 Å². The van der Waals surface area contributed by atoms with Gasteiger partial charge in [-0.25, -0.2) is 4.79 Å². The predicted octanol–water partition coefficient (Wildman–Crippen LogP) is 3.45. The second-order valence-corrected chi connectivity index (χ2v) is 8.34. The molecule has 0 spiro atoms. The molecule has 1 saturated carbocycles. The maximum Gasteiger partial charge on any atom is 0.350 e. The minimum atomic E-state index is -0.465. The Balaban J connectivity index is 2.09. The molecule has 0 bridgehead atoms. The quantitative estimate of drug-likeness (QED) is 0.534. The molecule has 1 aromatic rings. The highest BCUT2D eigenvalue weighted by molar-refractivity contribution is 8.14. The van der Waals surface area contributed by atoms with Crippen LogP contribution >= 0.6 is 23.1 Å². The maximum atomic E-state index is 13.0. The Bertz CT molecular complexity index is 790. The van der Waals surface area contributed by atoms with Crippen molar-refractivity contribution in [3.05, 3.63) is 28.5 Å². The van der Waals surface area contributed by atoms with Gasteiger partial charge in [0.25, 0.3) is 0 Å². The van der Waals surface area contributed by atoms with E-state index in [0.717, 1.165) is 22.9 Å². The monoisotopic (exact) mass is 406 g/mol. The summed E-state index contributed by atoms with van der Waals surface area (Å²) >= 11 is 2.89. The number of ketones is 1. The standard InChI is InChI=1S/C19H22N2O4S2/c1-3-4-15(23)21(12-5-7-13(22)8-6-12)16-14(18-20-9-10-26-18)11-27-17(16)19(24)25-2/h3,11-12H,1,4-10H2,2H3. The Kier molecular flexibility index (Phi) is 6.49.